The highest BCUT2D eigenvalue weighted by molar-refractivity contribution is 9.09. The average Bonchev–Trinajstić information content (AvgIpc) is 2.31. The molecule has 17 heavy (non-hydrogen) atoms. The van der Waals surface area contributed by atoms with Gasteiger partial charge in [-0.2, -0.15) is 0 Å². The van der Waals surface area contributed by atoms with Crippen LogP contribution in [0.2, 0.25) is 5.02 Å². The quantitative estimate of drug-likeness (QED) is 0.525. The first kappa shape index (κ1) is 14.1. The fourth-order valence-electron chi connectivity index (χ4n) is 1.29. The first-order valence-corrected chi connectivity index (χ1v) is 6.50. The van der Waals surface area contributed by atoms with Gasteiger partial charge in [0.05, 0.1) is 12.7 Å². The van der Waals surface area contributed by atoms with Crippen LogP contribution in [0.5, 0.6) is 0 Å². The van der Waals surface area contributed by atoms with Gasteiger partial charge in [0.15, 0.2) is 0 Å². The molecule has 1 aromatic rings. The monoisotopic (exact) mass is 317 g/mol. The molecule has 0 saturated carbocycles. The standard InChI is InChI=1S/C12H13BrClNO2/c1-17-12(16)9-6-8(4-2-3-5-13)10(14)7-11(9)15/h2,4,6-7H,3,5,15H2,1H3. The van der Waals surface area contributed by atoms with E-state index in [9.17, 15) is 4.79 Å². The molecule has 1 rings (SSSR count). The molecular formula is C12H13BrClNO2. The number of ether oxygens (including phenoxy) is 1. The third kappa shape index (κ3) is 3.75. The molecule has 0 amide bonds. The van der Waals surface area contributed by atoms with Gasteiger partial charge in [-0.25, -0.2) is 4.79 Å². The predicted molar refractivity (Wildman–Crippen MR) is 74.6 cm³/mol. The van der Waals surface area contributed by atoms with E-state index in [0.717, 1.165) is 17.3 Å². The van der Waals surface area contributed by atoms with Gasteiger partial charge < -0.3 is 10.5 Å². The third-order valence-corrected chi connectivity index (χ3v) is 2.93. The van der Waals surface area contributed by atoms with Crippen molar-refractivity contribution < 1.29 is 9.53 Å². The van der Waals surface area contributed by atoms with Crippen molar-refractivity contribution in [1.82, 2.24) is 0 Å². The van der Waals surface area contributed by atoms with Gasteiger partial charge in [0.2, 0.25) is 0 Å². The van der Waals surface area contributed by atoms with Gasteiger partial charge >= 0.3 is 5.97 Å². The average molecular weight is 319 g/mol. The zero-order chi connectivity index (χ0) is 12.8. The Balaban J connectivity index is 3.10. The second-order valence-corrected chi connectivity index (χ2v) is 4.53. The molecule has 1 aromatic carbocycles. The van der Waals surface area contributed by atoms with Crippen molar-refractivity contribution in [1.29, 1.82) is 0 Å². The molecule has 0 saturated heterocycles. The van der Waals surface area contributed by atoms with E-state index in [1.54, 1.807) is 12.1 Å². The van der Waals surface area contributed by atoms with Gasteiger partial charge in [0.1, 0.15) is 0 Å². The Bertz CT molecular complexity index is 446. The Labute approximate surface area is 114 Å². The lowest BCUT2D eigenvalue weighted by Crippen LogP contribution is -2.06. The molecule has 92 valence electrons. The van der Waals surface area contributed by atoms with Crippen LogP contribution in [0, 0.1) is 0 Å². The molecule has 0 bridgehead atoms. The molecule has 0 aliphatic carbocycles. The summed E-state index contributed by atoms with van der Waals surface area (Å²) < 4.78 is 4.64. The van der Waals surface area contributed by atoms with Crippen LogP contribution in [-0.2, 0) is 4.74 Å². The number of allylic oxidation sites excluding steroid dienone is 1. The number of alkyl halides is 1. The highest BCUT2D eigenvalue weighted by Gasteiger charge is 2.12. The van der Waals surface area contributed by atoms with Crippen LogP contribution < -0.4 is 5.73 Å². The number of nitrogens with two attached hydrogens (primary N) is 1. The van der Waals surface area contributed by atoms with E-state index in [1.165, 1.54) is 7.11 Å². The van der Waals surface area contributed by atoms with Crippen molar-refractivity contribution >= 4 is 45.3 Å². The number of nitrogen functional groups attached to an aromatic ring is 1. The highest BCUT2D eigenvalue weighted by Crippen LogP contribution is 2.25. The Hall–Kier alpha value is -1.00. The molecule has 3 nitrogen and oxygen atoms in total. The molecule has 2 N–H and O–H groups in total. The summed E-state index contributed by atoms with van der Waals surface area (Å²) in [6.07, 6.45) is 4.71. The van der Waals surface area contributed by atoms with Crippen molar-refractivity contribution in [2.45, 2.75) is 6.42 Å². The first-order valence-electron chi connectivity index (χ1n) is 5.00. The van der Waals surface area contributed by atoms with Gasteiger partial charge in [-0.15, -0.1) is 0 Å². The predicted octanol–water partition coefficient (Wildman–Crippen LogP) is 3.51. The minimum absolute atomic E-state index is 0.319. The summed E-state index contributed by atoms with van der Waals surface area (Å²) in [5, 5.41) is 1.39. The zero-order valence-electron chi connectivity index (χ0n) is 9.37. The molecule has 0 unspecified atom stereocenters. The van der Waals surface area contributed by atoms with E-state index in [-0.39, 0.29) is 0 Å². The summed E-state index contributed by atoms with van der Waals surface area (Å²) in [6, 6.07) is 3.19. The van der Waals surface area contributed by atoms with Gasteiger partial charge in [-0.05, 0) is 24.1 Å². The number of methoxy groups -OCH3 is 1. The lowest BCUT2D eigenvalue weighted by Gasteiger charge is -2.06. The number of anilines is 1. The molecule has 0 atom stereocenters. The number of halogens is 2. The van der Waals surface area contributed by atoms with E-state index in [0.29, 0.717) is 16.3 Å². The normalized spacial score (nSPS) is 10.8. The molecule has 0 aromatic heterocycles. The Kier molecular flexibility index (Phi) is 5.51. The lowest BCUT2D eigenvalue weighted by atomic mass is 10.1. The minimum Gasteiger partial charge on any atom is -0.465 e. The smallest absolute Gasteiger partial charge is 0.339 e. The first-order chi connectivity index (χ1) is 8.10. The molecule has 0 aliphatic rings. The number of benzene rings is 1. The van der Waals surface area contributed by atoms with Crippen molar-refractivity contribution in [3.8, 4) is 0 Å². The van der Waals surface area contributed by atoms with Crippen LogP contribution in [0.3, 0.4) is 0 Å². The van der Waals surface area contributed by atoms with E-state index >= 15 is 0 Å². The second-order valence-electron chi connectivity index (χ2n) is 3.33. The van der Waals surface area contributed by atoms with Crippen molar-refractivity contribution in [2.75, 3.05) is 18.2 Å². The summed E-state index contributed by atoms with van der Waals surface area (Å²) >= 11 is 9.36. The summed E-state index contributed by atoms with van der Waals surface area (Å²) in [5.41, 5.74) is 7.10. The number of esters is 1. The minimum atomic E-state index is -0.464. The molecule has 5 heteroatoms. The van der Waals surface area contributed by atoms with Gasteiger partial charge in [0, 0.05) is 16.0 Å². The van der Waals surface area contributed by atoms with Gasteiger partial charge in [-0.1, -0.05) is 39.7 Å². The SMILES string of the molecule is COC(=O)c1cc(C=CCCBr)c(Cl)cc1N. The second kappa shape index (κ2) is 6.67. The maximum Gasteiger partial charge on any atom is 0.339 e. The Morgan fingerprint density at radius 3 is 2.88 bits per heavy atom. The summed E-state index contributed by atoms with van der Waals surface area (Å²) in [5.74, 6) is -0.464. The number of carbonyl (C=O) groups is 1. The Morgan fingerprint density at radius 1 is 1.59 bits per heavy atom. The van der Waals surface area contributed by atoms with E-state index in [4.69, 9.17) is 17.3 Å². The maximum atomic E-state index is 11.5. The van der Waals surface area contributed by atoms with Crippen LogP contribution in [-0.4, -0.2) is 18.4 Å². The Morgan fingerprint density at radius 2 is 2.29 bits per heavy atom. The molecule has 0 radical (unpaired) electrons. The molecular weight excluding hydrogens is 305 g/mol. The van der Waals surface area contributed by atoms with E-state index < -0.39 is 5.97 Å². The lowest BCUT2D eigenvalue weighted by molar-refractivity contribution is 0.0602. The molecule has 0 fully saturated rings. The van der Waals surface area contributed by atoms with Gasteiger partial charge in [0.25, 0.3) is 0 Å². The number of hydrogen-bond acceptors (Lipinski definition) is 3. The number of hydrogen-bond donors (Lipinski definition) is 1. The maximum absolute atomic E-state index is 11.5. The van der Waals surface area contributed by atoms with Crippen LogP contribution in [0.4, 0.5) is 5.69 Å². The summed E-state index contributed by atoms with van der Waals surface area (Å²) in [7, 11) is 1.32. The van der Waals surface area contributed by atoms with Crippen LogP contribution in [0.1, 0.15) is 22.3 Å². The summed E-state index contributed by atoms with van der Waals surface area (Å²) in [6.45, 7) is 0. The fourth-order valence-corrected chi connectivity index (χ4v) is 1.79. The van der Waals surface area contributed by atoms with Crippen LogP contribution in [0.15, 0.2) is 18.2 Å². The fraction of sp³-hybridized carbons (Fsp3) is 0.250. The molecule has 0 aliphatic heterocycles. The number of rotatable bonds is 4. The largest absolute Gasteiger partial charge is 0.465 e. The topological polar surface area (TPSA) is 52.3 Å². The van der Waals surface area contributed by atoms with Crippen molar-refractivity contribution in [2.24, 2.45) is 0 Å². The molecule has 0 heterocycles. The zero-order valence-corrected chi connectivity index (χ0v) is 11.7. The van der Waals surface area contributed by atoms with E-state index in [1.807, 2.05) is 12.2 Å². The van der Waals surface area contributed by atoms with Crippen molar-refractivity contribution in [3.05, 3.63) is 34.4 Å². The van der Waals surface area contributed by atoms with Gasteiger partial charge in [-0.3, -0.25) is 0 Å². The van der Waals surface area contributed by atoms with Crippen LogP contribution in [0.25, 0.3) is 6.08 Å². The highest BCUT2D eigenvalue weighted by atomic mass is 79.9. The molecule has 0 spiro atoms. The van der Waals surface area contributed by atoms with E-state index in [2.05, 4.69) is 20.7 Å². The third-order valence-electron chi connectivity index (χ3n) is 2.15. The number of carbonyl (C=O) groups excluding carboxylic acids is 1. The van der Waals surface area contributed by atoms with Crippen molar-refractivity contribution in [3.63, 3.8) is 0 Å². The summed E-state index contributed by atoms with van der Waals surface area (Å²) in [4.78, 5) is 11.5. The van der Waals surface area contributed by atoms with Crippen LogP contribution >= 0.6 is 27.5 Å².